The monoisotopic (exact) mass is 218 g/mol. The quantitative estimate of drug-likeness (QED) is 0.829. The lowest BCUT2D eigenvalue weighted by atomic mass is 9.71. The topological polar surface area (TPSA) is 38.9 Å². The van der Waals surface area contributed by atoms with E-state index in [2.05, 4.69) is 24.9 Å². The number of hydrogen-bond acceptors (Lipinski definition) is 2. The van der Waals surface area contributed by atoms with Crippen LogP contribution >= 0.6 is 0 Å². The Kier molecular flexibility index (Phi) is 3.59. The summed E-state index contributed by atoms with van der Waals surface area (Å²) in [5, 5.41) is 0. The first-order valence-corrected chi connectivity index (χ1v) is 6.33. The standard InChI is InChI=1S/C14H22N2/c1-10-3-4-12(8-15)13(7-10)14-9-16-6-5-11(14)2/h5-6,9-10,12-13H,3-4,7-8,15H2,1-2H3. The Morgan fingerprint density at radius 2 is 2.25 bits per heavy atom. The van der Waals surface area contributed by atoms with Crippen molar-refractivity contribution in [2.45, 2.75) is 39.0 Å². The molecule has 2 N–H and O–H groups in total. The van der Waals surface area contributed by atoms with E-state index in [9.17, 15) is 0 Å². The Morgan fingerprint density at radius 1 is 1.44 bits per heavy atom. The largest absolute Gasteiger partial charge is 0.330 e. The third-order valence-corrected chi connectivity index (χ3v) is 4.04. The van der Waals surface area contributed by atoms with Gasteiger partial charge in [0, 0.05) is 12.4 Å². The molecule has 2 nitrogen and oxygen atoms in total. The number of aromatic nitrogens is 1. The van der Waals surface area contributed by atoms with Gasteiger partial charge in [0.2, 0.25) is 0 Å². The van der Waals surface area contributed by atoms with Gasteiger partial charge in [0.15, 0.2) is 0 Å². The molecule has 1 fully saturated rings. The molecule has 3 atom stereocenters. The molecule has 0 saturated heterocycles. The van der Waals surface area contributed by atoms with Crippen LogP contribution in [0.4, 0.5) is 0 Å². The summed E-state index contributed by atoms with van der Waals surface area (Å²) < 4.78 is 0. The van der Waals surface area contributed by atoms with E-state index in [0.29, 0.717) is 11.8 Å². The number of aryl methyl sites for hydroxylation is 1. The number of hydrogen-bond donors (Lipinski definition) is 1. The number of nitrogens with zero attached hydrogens (tertiary/aromatic N) is 1. The van der Waals surface area contributed by atoms with E-state index < -0.39 is 0 Å². The van der Waals surface area contributed by atoms with Crippen LogP contribution < -0.4 is 5.73 Å². The number of nitrogens with two attached hydrogens (primary N) is 1. The lowest BCUT2D eigenvalue weighted by Crippen LogP contribution is -2.28. The van der Waals surface area contributed by atoms with Crippen LogP contribution in [0, 0.1) is 18.8 Å². The fraction of sp³-hybridized carbons (Fsp3) is 0.643. The van der Waals surface area contributed by atoms with Crippen molar-refractivity contribution < 1.29 is 0 Å². The summed E-state index contributed by atoms with van der Waals surface area (Å²) in [5.74, 6) is 2.11. The zero-order chi connectivity index (χ0) is 11.5. The Balaban J connectivity index is 2.26. The Bertz CT molecular complexity index is 348. The Hall–Kier alpha value is -0.890. The van der Waals surface area contributed by atoms with Gasteiger partial charge in [-0.2, -0.15) is 0 Å². The summed E-state index contributed by atoms with van der Waals surface area (Å²) in [4.78, 5) is 4.27. The van der Waals surface area contributed by atoms with E-state index in [4.69, 9.17) is 5.73 Å². The van der Waals surface area contributed by atoms with Gasteiger partial charge in [-0.05, 0) is 61.3 Å². The Labute approximate surface area is 98.3 Å². The van der Waals surface area contributed by atoms with Crippen molar-refractivity contribution >= 4 is 0 Å². The highest BCUT2D eigenvalue weighted by atomic mass is 14.6. The summed E-state index contributed by atoms with van der Waals surface area (Å²) in [5.41, 5.74) is 8.70. The van der Waals surface area contributed by atoms with Crippen molar-refractivity contribution in [2.75, 3.05) is 6.54 Å². The average Bonchev–Trinajstić information content (AvgIpc) is 2.29. The molecule has 0 bridgehead atoms. The van der Waals surface area contributed by atoms with Gasteiger partial charge in [-0.25, -0.2) is 0 Å². The molecule has 1 saturated carbocycles. The second kappa shape index (κ2) is 4.96. The molecule has 1 aliphatic rings. The van der Waals surface area contributed by atoms with Gasteiger partial charge in [-0.15, -0.1) is 0 Å². The van der Waals surface area contributed by atoms with E-state index in [-0.39, 0.29) is 0 Å². The molecule has 1 aliphatic carbocycles. The minimum atomic E-state index is 0.627. The molecule has 0 aromatic carbocycles. The van der Waals surface area contributed by atoms with Crippen LogP contribution in [-0.4, -0.2) is 11.5 Å². The molecule has 2 rings (SSSR count). The molecule has 0 amide bonds. The van der Waals surface area contributed by atoms with Gasteiger partial charge >= 0.3 is 0 Å². The summed E-state index contributed by atoms with van der Waals surface area (Å²) in [7, 11) is 0. The van der Waals surface area contributed by atoms with E-state index in [1.54, 1.807) is 0 Å². The van der Waals surface area contributed by atoms with Crippen LogP contribution in [-0.2, 0) is 0 Å². The van der Waals surface area contributed by atoms with Crippen LogP contribution in [0.2, 0.25) is 0 Å². The van der Waals surface area contributed by atoms with Crippen molar-refractivity contribution in [1.82, 2.24) is 4.98 Å². The van der Waals surface area contributed by atoms with Crippen molar-refractivity contribution in [3.8, 4) is 0 Å². The molecular formula is C14H22N2. The van der Waals surface area contributed by atoms with Crippen LogP contribution in [0.1, 0.15) is 43.2 Å². The second-order valence-corrected chi connectivity index (χ2v) is 5.25. The first-order valence-electron chi connectivity index (χ1n) is 6.33. The summed E-state index contributed by atoms with van der Waals surface area (Å²) in [6.45, 7) is 5.35. The minimum Gasteiger partial charge on any atom is -0.330 e. The van der Waals surface area contributed by atoms with Gasteiger partial charge in [-0.1, -0.05) is 13.3 Å². The zero-order valence-electron chi connectivity index (χ0n) is 10.3. The van der Waals surface area contributed by atoms with E-state index >= 15 is 0 Å². The normalized spacial score (nSPS) is 30.3. The maximum atomic E-state index is 5.91. The zero-order valence-corrected chi connectivity index (χ0v) is 10.3. The van der Waals surface area contributed by atoms with Crippen molar-refractivity contribution in [3.05, 3.63) is 29.6 Å². The van der Waals surface area contributed by atoms with Gasteiger partial charge < -0.3 is 5.73 Å². The van der Waals surface area contributed by atoms with E-state index in [1.165, 1.54) is 30.4 Å². The fourth-order valence-electron chi connectivity index (χ4n) is 2.97. The van der Waals surface area contributed by atoms with Gasteiger partial charge in [0.05, 0.1) is 0 Å². The molecule has 1 aromatic heterocycles. The second-order valence-electron chi connectivity index (χ2n) is 5.25. The van der Waals surface area contributed by atoms with E-state index in [1.807, 2.05) is 12.4 Å². The third kappa shape index (κ3) is 2.27. The molecular weight excluding hydrogens is 196 g/mol. The summed E-state index contributed by atoms with van der Waals surface area (Å²) >= 11 is 0. The van der Waals surface area contributed by atoms with Crippen LogP contribution in [0.25, 0.3) is 0 Å². The SMILES string of the molecule is Cc1ccncc1C1CC(C)CCC1CN. The smallest absolute Gasteiger partial charge is 0.0305 e. The highest BCUT2D eigenvalue weighted by molar-refractivity contribution is 5.26. The lowest BCUT2D eigenvalue weighted by molar-refractivity contribution is 0.253. The molecule has 2 heteroatoms. The van der Waals surface area contributed by atoms with E-state index in [0.717, 1.165) is 12.5 Å². The first kappa shape index (κ1) is 11.6. The highest BCUT2D eigenvalue weighted by Crippen LogP contribution is 2.40. The maximum absolute atomic E-state index is 5.91. The molecule has 88 valence electrons. The molecule has 0 radical (unpaired) electrons. The van der Waals surface area contributed by atoms with Gasteiger partial charge in [-0.3, -0.25) is 4.98 Å². The van der Waals surface area contributed by atoms with Crippen LogP contribution in [0.3, 0.4) is 0 Å². The number of rotatable bonds is 2. The molecule has 1 aromatic rings. The molecule has 0 aliphatic heterocycles. The van der Waals surface area contributed by atoms with Crippen molar-refractivity contribution in [3.63, 3.8) is 0 Å². The maximum Gasteiger partial charge on any atom is 0.0305 e. The predicted molar refractivity (Wildman–Crippen MR) is 67.3 cm³/mol. The van der Waals surface area contributed by atoms with Crippen LogP contribution in [0.15, 0.2) is 18.5 Å². The summed E-state index contributed by atoms with van der Waals surface area (Å²) in [6, 6.07) is 2.11. The van der Waals surface area contributed by atoms with Gasteiger partial charge in [0.25, 0.3) is 0 Å². The summed E-state index contributed by atoms with van der Waals surface area (Å²) in [6.07, 6.45) is 7.80. The highest BCUT2D eigenvalue weighted by Gasteiger charge is 2.29. The van der Waals surface area contributed by atoms with Crippen molar-refractivity contribution in [2.24, 2.45) is 17.6 Å². The molecule has 16 heavy (non-hydrogen) atoms. The van der Waals surface area contributed by atoms with Crippen LogP contribution in [0.5, 0.6) is 0 Å². The van der Waals surface area contributed by atoms with Crippen molar-refractivity contribution in [1.29, 1.82) is 0 Å². The third-order valence-electron chi connectivity index (χ3n) is 4.04. The minimum absolute atomic E-state index is 0.627. The molecule has 3 unspecified atom stereocenters. The molecule has 1 heterocycles. The predicted octanol–water partition coefficient (Wildman–Crippen LogP) is 2.87. The number of pyridine rings is 1. The average molecular weight is 218 g/mol. The Morgan fingerprint density at radius 3 is 2.94 bits per heavy atom. The lowest BCUT2D eigenvalue weighted by Gasteiger charge is -2.35. The first-order chi connectivity index (χ1) is 7.72. The van der Waals surface area contributed by atoms with Gasteiger partial charge in [0.1, 0.15) is 0 Å². The fourth-order valence-corrected chi connectivity index (χ4v) is 2.97. The molecule has 0 spiro atoms.